The fourth-order valence-electron chi connectivity index (χ4n) is 3.96. The lowest BCUT2D eigenvalue weighted by Gasteiger charge is -2.34. The van der Waals surface area contributed by atoms with Crippen LogP contribution in [0.1, 0.15) is 50.3 Å². The van der Waals surface area contributed by atoms with Crippen LogP contribution in [0.5, 0.6) is 5.75 Å². The predicted octanol–water partition coefficient (Wildman–Crippen LogP) is 4.78. The summed E-state index contributed by atoms with van der Waals surface area (Å²) in [5, 5.41) is 21.8. The van der Waals surface area contributed by atoms with Crippen molar-refractivity contribution in [2.24, 2.45) is 0 Å². The second kappa shape index (κ2) is 10.3. The van der Waals surface area contributed by atoms with Crippen LogP contribution in [0, 0.1) is 6.92 Å². The second-order valence-electron chi connectivity index (χ2n) is 9.48. The van der Waals surface area contributed by atoms with E-state index in [0.29, 0.717) is 41.3 Å². The topological polar surface area (TPSA) is 96.8 Å². The Hall–Kier alpha value is -3.08. The first-order chi connectivity index (χ1) is 16.3. The van der Waals surface area contributed by atoms with Gasteiger partial charge in [-0.1, -0.05) is 0 Å². The summed E-state index contributed by atoms with van der Waals surface area (Å²) >= 11 is 0. The first-order valence-corrected chi connectivity index (χ1v) is 11.3. The van der Waals surface area contributed by atoms with E-state index in [1.54, 1.807) is 11.8 Å². The molecular formula is C24H31F3N4O4. The standard InChI is InChI=1S/C24H31F3N4O4/c1-14-18(13-32)21(28-16-7-6-10-31(12-16)22(33)35-23(2,3)4)30-29-20(14)17-9-8-15(24(25,26)27)11-19(17)34-5/h8-9,11,16,32H,6-7,10,12-13H2,1-5H3,(H,28,30)/t16-/m1/s1. The van der Waals surface area contributed by atoms with Gasteiger partial charge in [0.15, 0.2) is 5.82 Å². The Morgan fingerprint density at radius 3 is 2.57 bits per heavy atom. The van der Waals surface area contributed by atoms with E-state index in [0.717, 1.165) is 25.0 Å². The summed E-state index contributed by atoms with van der Waals surface area (Å²) in [4.78, 5) is 14.1. The molecule has 1 aliphatic heterocycles. The number of aromatic nitrogens is 2. The van der Waals surface area contributed by atoms with Crippen molar-refractivity contribution in [2.75, 3.05) is 25.5 Å². The van der Waals surface area contributed by atoms with Gasteiger partial charge in [0, 0.05) is 30.3 Å². The van der Waals surface area contributed by atoms with Crippen molar-refractivity contribution < 1.29 is 32.5 Å². The number of rotatable bonds is 5. The average Bonchev–Trinajstić information content (AvgIpc) is 2.77. The van der Waals surface area contributed by atoms with E-state index < -0.39 is 23.4 Å². The molecule has 1 aromatic carbocycles. The van der Waals surface area contributed by atoms with Crippen molar-refractivity contribution in [1.82, 2.24) is 15.1 Å². The molecule has 11 heteroatoms. The first-order valence-electron chi connectivity index (χ1n) is 11.3. The highest BCUT2D eigenvalue weighted by Gasteiger charge is 2.32. The number of nitrogens with zero attached hydrogens (tertiary/aromatic N) is 3. The number of benzene rings is 1. The first kappa shape index (κ1) is 26.5. The lowest BCUT2D eigenvalue weighted by atomic mass is 10.00. The maximum Gasteiger partial charge on any atom is 0.416 e. The zero-order valence-electron chi connectivity index (χ0n) is 20.5. The van der Waals surface area contributed by atoms with Crippen LogP contribution in [-0.4, -0.2) is 58.1 Å². The molecule has 1 saturated heterocycles. The molecule has 0 radical (unpaired) electrons. The molecule has 2 N–H and O–H groups in total. The maximum absolute atomic E-state index is 13.1. The van der Waals surface area contributed by atoms with Crippen LogP contribution in [0.25, 0.3) is 11.3 Å². The van der Waals surface area contributed by atoms with Gasteiger partial charge < -0.3 is 24.8 Å². The molecule has 8 nitrogen and oxygen atoms in total. The summed E-state index contributed by atoms with van der Waals surface area (Å²) < 4.78 is 50.0. The van der Waals surface area contributed by atoms with Gasteiger partial charge in [-0.05, 0) is 64.3 Å². The Morgan fingerprint density at radius 1 is 1.26 bits per heavy atom. The number of nitrogens with one attached hydrogen (secondary N) is 1. The third kappa shape index (κ3) is 6.33. The molecule has 1 aromatic heterocycles. The molecule has 1 atom stereocenters. The Kier molecular flexibility index (Phi) is 7.78. The molecule has 0 unspecified atom stereocenters. The van der Waals surface area contributed by atoms with E-state index in [9.17, 15) is 23.1 Å². The number of methoxy groups -OCH3 is 1. The van der Waals surface area contributed by atoms with Gasteiger partial charge in [0.05, 0.1) is 19.3 Å². The van der Waals surface area contributed by atoms with Crippen LogP contribution in [0.4, 0.5) is 23.8 Å². The van der Waals surface area contributed by atoms with Crippen LogP contribution in [0.2, 0.25) is 0 Å². The third-order valence-electron chi connectivity index (χ3n) is 5.70. The van der Waals surface area contributed by atoms with Gasteiger partial charge in [0.2, 0.25) is 0 Å². The maximum atomic E-state index is 13.1. The Labute approximate surface area is 202 Å². The number of alkyl halides is 3. The second-order valence-corrected chi connectivity index (χ2v) is 9.48. The molecule has 2 aromatic rings. The molecule has 1 aliphatic rings. The van der Waals surface area contributed by atoms with Gasteiger partial charge in [-0.15, -0.1) is 10.2 Å². The third-order valence-corrected chi connectivity index (χ3v) is 5.70. The van der Waals surface area contributed by atoms with Crippen LogP contribution in [0.3, 0.4) is 0 Å². The van der Waals surface area contributed by atoms with Crippen LogP contribution in [0.15, 0.2) is 18.2 Å². The summed E-state index contributed by atoms with van der Waals surface area (Å²) in [6.45, 7) is 7.76. The summed E-state index contributed by atoms with van der Waals surface area (Å²) in [6, 6.07) is 3.01. The number of aliphatic hydroxyl groups excluding tert-OH is 1. The number of amides is 1. The normalized spacial score (nSPS) is 16.7. The Balaban J connectivity index is 1.85. The fraction of sp³-hybridized carbons (Fsp3) is 0.542. The zero-order chi connectivity index (χ0) is 26.0. The molecule has 2 heterocycles. The monoisotopic (exact) mass is 496 g/mol. The van der Waals surface area contributed by atoms with Crippen molar-refractivity contribution in [3.63, 3.8) is 0 Å². The number of carbonyl (C=O) groups excluding carboxylic acids is 1. The fourth-order valence-corrected chi connectivity index (χ4v) is 3.96. The quantitative estimate of drug-likeness (QED) is 0.615. The molecule has 0 bridgehead atoms. The minimum atomic E-state index is -4.51. The van der Waals surface area contributed by atoms with Crippen LogP contribution < -0.4 is 10.1 Å². The van der Waals surface area contributed by atoms with Crippen molar-refractivity contribution in [1.29, 1.82) is 0 Å². The molecule has 0 aliphatic carbocycles. The van der Waals surface area contributed by atoms with Crippen LogP contribution in [-0.2, 0) is 17.5 Å². The van der Waals surface area contributed by atoms with E-state index >= 15 is 0 Å². The highest BCUT2D eigenvalue weighted by atomic mass is 19.4. The zero-order valence-corrected chi connectivity index (χ0v) is 20.5. The molecule has 1 amide bonds. The molecule has 3 rings (SSSR count). The minimum absolute atomic E-state index is 0.00195. The molecule has 192 valence electrons. The van der Waals surface area contributed by atoms with Gasteiger partial charge in [-0.2, -0.15) is 13.2 Å². The van der Waals surface area contributed by atoms with E-state index in [1.807, 2.05) is 20.8 Å². The van der Waals surface area contributed by atoms with E-state index in [1.165, 1.54) is 13.2 Å². The van der Waals surface area contributed by atoms with Gasteiger partial charge in [-0.3, -0.25) is 0 Å². The number of piperidine rings is 1. The van der Waals surface area contributed by atoms with Crippen molar-refractivity contribution in [3.8, 4) is 17.0 Å². The number of hydrogen-bond acceptors (Lipinski definition) is 7. The van der Waals surface area contributed by atoms with E-state index in [2.05, 4.69) is 15.5 Å². The summed E-state index contributed by atoms with van der Waals surface area (Å²) in [6.07, 6.45) is -3.36. The lowest BCUT2D eigenvalue weighted by molar-refractivity contribution is -0.137. The predicted molar refractivity (Wildman–Crippen MR) is 124 cm³/mol. The number of ether oxygens (including phenoxy) is 2. The molecule has 0 saturated carbocycles. The Morgan fingerprint density at radius 2 is 1.97 bits per heavy atom. The molecule has 0 spiro atoms. The minimum Gasteiger partial charge on any atom is -0.496 e. The largest absolute Gasteiger partial charge is 0.496 e. The van der Waals surface area contributed by atoms with Crippen molar-refractivity contribution in [2.45, 2.75) is 65.0 Å². The summed E-state index contributed by atoms with van der Waals surface area (Å²) in [5.41, 5.74) is 0.231. The molecular weight excluding hydrogens is 465 g/mol. The smallest absolute Gasteiger partial charge is 0.416 e. The molecule has 35 heavy (non-hydrogen) atoms. The van der Waals surface area contributed by atoms with Crippen molar-refractivity contribution >= 4 is 11.9 Å². The summed E-state index contributed by atoms with van der Waals surface area (Å²) in [7, 11) is 1.28. The van der Waals surface area contributed by atoms with Gasteiger partial charge >= 0.3 is 12.3 Å². The van der Waals surface area contributed by atoms with Gasteiger partial charge in [0.25, 0.3) is 0 Å². The number of hydrogen-bond donors (Lipinski definition) is 2. The van der Waals surface area contributed by atoms with E-state index in [-0.39, 0.29) is 18.4 Å². The molecule has 1 fully saturated rings. The number of carbonyl (C=O) groups is 1. The summed E-state index contributed by atoms with van der Waals surface area (Å²) in [5.74, 6) is 0.359. The number of anilines is 1. The highest BCUT2D eigenvalue weighted by Crippen LogP contribution is 2.38. The SMILES string of the molecule is COc1cc(C(F)(F)F)ccc1-c1nnc(N[C@@H]2CCCN(C(=O)OC(C)(C)C)C2)c(CO)c1C. The average molecular weight is 497 g/mol. The Bertz CT molecular complexity index is 1070. The number of aliphatic hydroxyl groups is 1. The lowest BCUT2D eigenvalue weighted by Crippen LogP contribution is -2.47. The van der Waals surface area contributed by atoms with E-state index in [4.69, 9.17) is 9.47 Å². The number of likely N-dealkylation sites (tertiary alicyclic amines) is 1. The van der Waals surface area contributed by atoms with Gasteiger partial charge in [0.1, 0.15) is 17.0 Å². The van der Waals surface area contributed by atoms with Crippen LogP contribution >= 0.6 is 0 Å². The van der Waals surface area contributed by atoms with Gasteiger partial charge in [-0.25, -0.2) is 4.79 Å². The number of halogens is 3. The van der Waals surface area contributed by atoms with Crippen molar-refractivity contribution in [3.05, 3.63) is 34.9 Å². The highest BCUT2D eigenvalue weighted by molar-refractivity contribution is 5.73.